The third-order valence-electron chi connectivity index (χ3n) is 13.1. The van der Waals surface area contributed by atoms with E-state index in [1.807, 2.05) is 4.57 Å². The van der Waals surface area contributed by atoms with Crippen molar-refractivity contribution >= 4 is 50.9 Å². The average Bonchev–Trinajstić information content (AvgIpc) is 1.79. The Kier molecular flexibility index (Phi) is 33.9. The Balaban J connectivity index is 0.000000243. The number of aromatic nitrogens is 18. The largest absolute Gasteiger partial charge is 0.396 e. The number of aryl methyl sites for hydroxylation is 5. The maximum absolute atomic E-state index is 11.4. The Bertz CT molecular complexity index is 3910. The number of aliphatic hydroxyl groups excluding tert-OH is 10. The van der Waals surface area contributed by atoms with E-state index < -0.39 is 40.4 Å². The lowest BCUT2D eigenvalue weighted by Crippen LogP contribution is -2.33. The van der Waals surface area contributed by atoms with E-state index in [2.05, 4.69) is 59.8 Å². The molecule has 0 aliphatic heterocycles. The van der Waals surface area contributed by atoms with Crippen molar-refractivity contribution in [2.75, 3.05) is 96.5 Å². The van der Waals surface area contributed by atoms with Gasteiger partial charge in [0, 0.05) is 86.6 Å². The van der Waals surface area contributed by atoms with E-state index in [1.165, 1.54) is 53.0 Å². The van der Waals surface area contributed by atoms with Crippen LogP contribution in [-0.2, 0) is 59.0 Å². The van der Waals surface area contributed by atoms with Crippen LogP contribution in [0.25, 0.3) is 33.5 Å². The summed E-state index contributed by atoms with van der Waals surface area (Å²) in [7, 11) is 0. The fourth-order valence-corrected chi connectivity index (χ4v) is 7.54. The van der Waals surface area contributed by atoms with Gasteiger partial charge in [0.25, 0.3) is 16.7 Å². The summed E-state index contributed by atoms with van der Waals surface area (Å²) in [5.41, 5.74) is 18.9. The minimum absolute atomic E-state index is 0.0102. The number of nitrogens with two attached hydrogens (primary N) is 3. The number of anilines is 3. The quantitative estimate of drug-likeness (QED) is 0.0203. The first-order chi connectivity index (χ1) is 45.6. The second kappa shape index (κ2) is 41.3. The SMILES string of the molecule is Cc1cn(CCC(CO)CO)c(=O)[nH]c1=O.Cc1cn(COC(CO)CO)c(=O)[nH]c1=O.Cc1cn(COCCO)c(=O)[nH]c1=O.Nc1ncnc2c1ncn2CCC(CO)CO.Nc1ncnc2c1ncn2COC(CO)CO.Nc1ncnc2c1ncn2COCCO. The third-order valence-corrected chi connectivity index (χ3v) is 13.1. The van der Waals surface area contributed by atoms with Gasteiger partial charge in [0.05, 0.1) is 71.8 Å². The summed E-state index contributed by atoms with van der Waals surface area (Å²) in [5, 5.41) is 87.9. The summed E-state index contributed by atoms with van der Waals surface area (Å²) in [6.45, 7) is 4.91. The van der Waals surface area contributed by atoms with Crippen LogP contribution in [-0.4, -0.2) is 230 Å². The number of aromatic amines is 3. The van der Waals surface area contributed by atoms with Gasteiger partial charge in [-0.2, -0.15) is 0 Å². The number of nitrogen functional groups attached to an aromatic ring is 3. The monoisotopic (exact) mass is 1340 g/mol. The Morgan fingerprint density at radius 3 is 1.07 bits per heavy atom. The Hall–Kier alpha value is -9.47. The molecule has 0 saturated heterocycles. The van der Waals surface area contributed by atoms with E-state index in [9.17, 15) is 28.8 Å². The number of hydrogen-bond acceptors (Lipinski definition) is 32. The molecule has 0 saturated carbocycles. The van der Waals surface area contributed by atoms with Crippen LogP contribution in [0.1, 0.15) is 29.5 Å². The molecule has 0 aliphatic rings. The number of nitrogens with zero attached hydrogens (tertiary/aromatic N) is 15. The smallest absolute Gasteiger partial charge is 0.330 e. The summed E-state index contributed by atoms with van der Waals surface area (Å²) in [6, 6.07) is 0. The molecule has 0 aromatic carbocycles. The zero-order valence-corrected chi connectivity index (χ0v) is 52.1. The molecule has 41 heteroatoms. The van der Waals surface area contributed by atoms with Gasteiger partial charge in [0.15, 0.2) is 34.4 Å². The van der Waals surface area contributed by atoms with Crippen LogP contribution in [0.5, 0.6) is 0 Å². The Morgan fingerprint density at radius 1 is 0.400 bits per heavy atom. The summed E-state index contributed by atoms with van der Waals surface area (Å²) in [6.07, 6.45) is 12.9. The van der Waals surface area contributed by atoms with Gasteiger partial charge in [0.2, 0.25) is 0 Å². The minimum Gasteiger partial charge on any atom is -0.396 e. The molecule has 0 radical (unpaired) electrons. The highest BCUT2D eigenvalue weighted by atomic mass is 16.5. The second-order valence-electron chi connectivity index (χ2n) is 20.1. The lowest BCUT2D eigenvalue weighted by Gasteiger charge is -2.13. The number of aliphatic hydroxyl groups is 10. The first-order valence-corrected chi connectivity index (χ1v) is 28.8. The summed E-state index contributed by atoms with van der Waals surface area (Å²) in [4.78, 5) is 109. The fourth-order valence-electron chi connectivity index (χ4n) is 7.54. The van der Waals surface area contributed by atoms with E-state index in [0.29, 0.717) is 93.6 Å². The maximum atomic E-state index is 11.4. The number of H-pyrrole nitrogens is 3. The van der Waals surface area contributed by atoms with Gasteiger partial charge in [0.1, 0.15) is 74.7 Å². The lowest BCUT2D eigenvalue weighted by molar-refractivity contribution is -0.0513. The van der Waals surface area contributed by atoms with Gasteiger partial charge in [-0.15, -0.1) is 0 Å². The molecular formula is C54H81N21O20. The molecule has 0 fully saturated rings. The predicted octanol–water partition coefficient (Wildman–Crippen LogP) is -6.67. The molecule has 0 unspecified atom stereocenters. The highest BCUT2D eigenvalue weighted by Crippen LogP contribution is 2.17. The van der Waals surface area contributed by atoms with E-state index in [-0.39, 0.29) is 124 Å². The molecule has 9 rings (SSSR count). The van der Waals surface area contributed by atoms with Crippen LogP contribution in [0, 0.1) is 32.6 Å². The van der Waals surface area contributed by atoms with E-state index in [0.717, 1.165) is 4.57 Å². The normalized spacial score (nSPS) is 11.1. The Morgan fingerprint density at radius 2 is 0.705 bits per heavy atom. The van der Waals surface area contributed by atoms with E-state index in [1.54, 1.807) is 42.6 Å². The number of hydrogen-bond donors (Lipinski definition) is 16. The van der Waals surface area contributed by atoms with Crippen molar-refractivity contribution in [3.63, 3.8) is 0 Å². The number of imidazole rings is 3. The molecule has 95 heavy (non-hydrogen) atoms. The molecule has 9 aromatic heterocycles. The molecule has 0 atom stereocenters. The topological polar surface area (TPSA) is 613 Å². The molecule has 522 valence electrons. The van der Waals surface area contributed by atoms with Crippen LogP contribution >= 0.6 is 0 Å². The third kappa shape index (κ3) is 24.4. The zero-order valence-electron chi connectivity index (χ0n) is 52.1. The highest BCUT2D eigenvalue weighted by Gasteiger charge is 2.14. The molecular weight excluding hydrogens is 1260 g/mol. The van der Waals surface area contributed by atoms with Gasteiger partial charge in [-0.1, -0.05) is 0 Å². The molecule has 19 N–H and O–H groups in total. The van der Waals surface area contributed by atoms with Gasteiger partial charge in [-0.25, -0.2) is 59.2 Å². The van der Waals surface area contributed by atoms with Crippen LogP contribution < -0.4 is 50.9 Å². The Labute approximate surface area is 536 Å². The van der Waals surface area contributed by atoms with Gasteiger partial charge in [-0.3, -0.25) is 47.6 Å². The number of rotatable bonds is 28. The van der Waals surface area contributed by atoms with Gasteiger partial charge in [-0.05, 0) is 33.6 Å². The van der Waals surface area contributed by atoms with Crippen molar-refractivity contribution in [1.82, 2.24) is 87.2 Å². The molecule has 0 bridgehead atoms. The van der Waals surface area contributed by atoms with Crippen LogP contribution in [0.2, 0.25) is 0 Å². The summed E-state index contributed by atoms with van der Waals surface area (Å²) < 4.78 is 29.3. The molecule has 9 aromatic rings. The zero-order chi connectivity index (χ0) is 70.0. The molecule has 0 amide bonds. The fraction of sp³-hybridized carbons (Fsp3) is 0.500. The van der Waals surface area contributed by atoms with Crippen LogP contribution in [0.3, 0.4) is 0 Å². The maximum Gasteiger partial charge on any atom is 0.330 e. The highest BCUT2D eigenvalue weighted by molar-refractivity contribution is 5.82. The van der Waals surface area contributed by atoms with Crippen molar-refractivity contribution in [3.8, 4) is 0 Å². The van der Waals surface area contributed by atoms with Gasteiger partial charge >= 0.3 is 17.1 Å². The first kappa shape index (κ1) is 78.0. The van der Waals surface area contributed by atoms with Crippen LogP contribution in [0.4, 0.5) is 17.5 Å². The predicted molar refractivity (Wildman–Crippen MR) is 336 cm³/mol. The molecule has 41 nitrogen and oxygen atoms in total. The number of ether oxygens (including phenoxy) is 4. The van der Waals surface area contributed by atoms with Crippen molar-refractivity contribution < 1.29 is 70.0 Å². The van der Waals surface area contributed by atoms with Crippen molar-refractivity contribution in [2.24, 2.45) is 11.8 Å². The molecule has 9 heterocycles. The lowest BCUT2D eigenvalue weighted by atomic mass is 10.1. The van der Waals surface area contributed by atoms with Crippen LogP contribution in [0.15, 0.2) is 85.3 Å². The number of fused-ring (bicyclic) bond motifs is 3. The number of nitrogens with one attached hydrogen (secondary N) is 3. The van der Waals surface area contributed by atoms with E-state index in [4.69, 9.17) is 87.2 Å². The summed E-state index contributed by atoms with van der Waals surface area (Å²) >= 11 is 0. The average molecular weight is 1340 g/mol. The summed E-state index contributed by atoms with van der Waals surface area (Å²) in [5.74, 6) is 0.649. The molecule has 0 aliphatic carbocycles. The minimum atomic E-state index is -0.737. The van der Waals surface area contributed by atoms with Crippen molar-refractivity contribution in [2.45, 2.75) is 85.8 Å². The van der Waals surface area contributed by atoms with Crippen molar-refractivity contribution in [1.29, 1.82) is 0 Å². The molecule has 0 spiro atoms. The first-order valence-electron chi connectivity index (χ1n) is 28.8. The second-order valence-corrected chi connectivity index (χ2v) is 20.1. The van der Waals surface area contributed by atoms with Crippen molar-refractivity contribution in [3.05, 3.63) is 136 Å². The van der Waals surface area contributed by atoms with Gasteiger partial charge < -0.3 is 96.3 Å². The van der Waals surface area contributed by atoms with E-state index >= 15 is 0 Å². The standard InChI is InChI=1S/C10H15N5O2.C10H16N2O4.C9H13N5O3.C9H14N2O5.C8H11N5O2.C8H12N2O4/c11-9-8-10(13-5-12-9)15(6-14-8)2-1-7(3-16)4-17;1-7-4-12(10(16)11-9(7)15)3-2-8(5-13)6-14;10-8-7-9(12-3-11-8)14(4-13-7)5-17-6(1-15)2-16;1-6-2-11(9(15)10-8(6)14)5-16-7(3-12)4-13;9-7-6-8(11-3-10-7)13(4-12-6)5-15-2-1-14;1-6-4-10(5-14-3-2-11)8(13)9-7(6)12/h5-7,16-17H,1-4H2,(H2,11,12,13);4,8,13-14H,2-3,5-6H2,1H3,(H,11,15,16);3-4,6,15-16H,1-2,5H2,(H2,10,11,12);2,7,12-13H,3-5H2,1H3,(H,10,14,15);3-4,14H,1-2,5H2,(H2,9,10,11);4,11H,2-3,5H2,1H3,(H,9,12,13).